The summed E-state index contributed by atoms with van der Waals surface area (Å²) in [5.41, 5.74) is -1.60. The molecule has 4 heteroatoms. The first-order chi connectivity index (χ1) is 5.64. The Morgan fingerprint density at radius 2 is 2.33 bits per heavy atom. The lowest BCUT2D eigenvalue weighted by molar-refractivity contribution is -0.152. The molecule has 0 N–H and O–H groups in total. The first-order valence-corrected chi connectivity index (χ1v) is 3.95. The fourth-order valence-corrected chi connectivity index (χ4v) is 1.05. The number of rotatable bonds is 4. The van der Waals surface area contributed by atoms with Crippen molar-refractivity contribution in [2.75, 3.05) is 6.61 Å². The van der Waals surface area contributed by atoms with Gasteiger partial charge in [-0.2, -0.15) is 0 Å². The number of hydrogen-bond donors (Lipinski definition) is 0. The number of esters is 1. The quantitative estimate of drug-likeness (QED) is 0.361. The molecular weight excluding hydrogens is 163 g/mol. The maximum absolute atomic E-state index is 13.2. The van der Waals surface area contributed by atoms with Gasteiger partial charge < -0.3 is 9.53 Å². The van der Waals surface area contributed by atoms with E-state index in [2.05, 4.69) is 4.74 Å². The zero-order chi connectivity index (χ0) is 9.19. The average Bonchev–Trinajstić information content (AvgIpc) is 2.70. The Labute approximate surface area is 69.9 Å². The molecule has 1 aliphatic carbocycles. The number of hydrogen-bond acceptors (Lipinski definition) is 3. The van der Waals surface area contributed by atoms with Crippen LogP contribution in [0.2, 0.25) is 0 Å². The molecule has 0 saturated heterocycles. The zero-order valence-electron chi connectivity index (χ0n) is 6.88. The molecule has 1 unspecified atom stereocenters. The minimum absolute atomic E-state index is 0.180. The minimum atomic E-state index is -1.60. The summed E-state index contributed by atoms with van der Waals surface area (Å²) < 4.78 is 17.8. The molecule has 0 aromatic heterocycles. The number of halogens is 1. The van der Waals surface area contributed by atoms with Crippen molar-refractivity contribution in [1.29, 1.82) is 0 Å². The van der Waals surface area contributed by atoms with Crippen LogP contribution in [0.15, 0.2) is 0 Å². The van der Waals surface area contributed by atoms with E-state index in [-0.39, 0.29) is 19.4 Å². The van der Waals surface area contributed by atoms with Crippen molar-refractivity contribution in [3.8, 4) is 0 Å². The van der Waals surface area contributed by atoms with Crippen LogP contribution in [0.1, 0.15) is 19.8 Å². The topological polar surface area (TPSA) is 43.4 Å². The van der Waals surface area contributed by atoms with Gasteiger partial charge in [-0.1, -0.05) is 0 Å². The monoisotopic (exact) mass is 174 g/mol. The Morgan fingerprint density at radius 3 is 2.67 bits per heavy atom. The van der Waals surface area contributed by atoms with Gasteiger partial charge >= 0.3 is 5.97 Å². The molecule has 0 radical (unpaired) electrons. The predicted octanol–water partition coefficient (Wildman–Crippen LogP) is 0.867. The first kappa shape index (κ1) is 9.16. The molecular formula is C8H11FO3. The minimum Gasteiger partial charge on any atom is -0.465 e. The van der Waals surface area contributed by atoms with Crippen LogP contribution < -0.4 is 0 Å². The second-order valence-corrected chi connectivity index (χ2v) is 2.90. The number of alkyl halides is 1. The van der Waals surface area contributed by atoms with Crippen molar-refractivity contribution in [3.63, 3.8) is 0 Å². The molecule has 0 aromatic rings. The smallest absolute Gasteiger partial charge is 0.319 e. The lowest BCUT2D eigenvalue weighted by atomic mass is 10.0. The summed E-state index contributed by atoms with van der Waals surface area (Å²) in [4.78, 5) is 21.3. The van der Waals surface area contributed by atoms with Crippen LogP contribution in [0.25, 0.3) is 0 Å². The lowest BCUT2D eigenvalue weighted by Crippen LogP contribution is -2.29. The summed E-state index contributed by atoms with van der Waals surface area (Å²) >= 11 is 0. The summed E-state index contributed by atoms with van der Waals surface area (Å²) in [7, 11) is 0. The third kappa shape index (κ3) is 1.62. The van der Waals surface area contributed by atoms with Gasteiger partial charge in [-0.3, -0.25) is 4.79 Å². The highest BCUT2D eigenvalue weighted by Crippen LogP contribution is 2.46. The molecule has 1 saturated carbocycles. The van der Waals surface area contributed by atoms with E-state index in [4.69, 9.17) is 0 Å². The summed E-state index contributed by atoms with van der Waals surface area (Å²) in [6, 6.07) is 0. The van der Waals surface area contributed by atoms with Gasteiger partial charge in [-0.05, 0) is 19.8 Å². The zero-order valence-corrected chi connectivity index (χ0v) is 6.88. The third-order valence-electron chi connectivity index (χ3n) is 1.96. The predicted molar refractivity (Wildman–Crippen MR) is 39.3 cm³/mol. The van der Waals surface area contributed by atoms with Crippen molar-refractivity contribution in [2.45, 2.75) is 25.4 Å². The van der Waals surface area contributed by atoms with E-state index in [1.165, 1.54) is 0 Å². The summed E-state index contributed by atoms with van der Waals surface area (Å²) in [5, 5.41) is 0. The van der Waals surface area contributed by atoms with Crippen LogP contribution in [0, 0.1) is 5.92 Å². The second kappa shape index (κ2) is 3.21. The Morgan fingerprint density at radius 1 is 1.75 bits per heavy atom. The standard InChI is InChI=1S/C8H11FO3/c1-2-12-7(11)6(5-10)8(9)3-4-8/h5-6H,2-4H2,1H3. The number of carbonyl (C=O) groups is 2. The van der Waals surface area contributed by atoms with Crippen LogP contribution in [0.4, 0.5) is 4.39 Å². The molecule has 0 spiro atoms. The van der Waals surface area contributed by atoms with Gasteiger partial charge in [-0.25, -0.2) is 4.39 Å². The van der Waals surface area contributed by atoms with E-state index >= 15 is 0 Å². The Balaban J connectivity index is 2.56. The van der Waals surface area contributed by atoms with Crippen LogP contribution in [0.3, 0.4) is 0 Å². The van der Waals surface area contributed by atoms with Crippen molar-refractivity contribution < 1.29 is 18.7 Å². The van der Waals surface area contributed by atoms with Gasteiger partial charge in [0.1, 0.15) is 17.9 Å². The summed E-state index contributed by atoms with van der Waals surface area (Å²) in [5.74, 6) is -1.95. The molecule has 0 aliphatic heterocycles. The maximum atomic E-state index is 13.2. The fraction of sp³-hybridized carbons (Fsp3) is 0.750. The van der Waals surface area contributed by atoms with E-state index in [0.29, 0.717) is 6.29 Å². The van der Waals surface area contributed by atoms with Crippen LogP contribution >= 0.6 is 0 Å². The van der Waals surface area contributed by atoms with E-state index in [9.17, 15) is 14.0 Å². The van der Waals surface area contributed by atoms with Gasteiger partial charge in [0.2, 0.25) is 0 Å². The van der Waals surface area contributed by atoms with Crippen LogP contribution in [-0.4, -0.2) is 24.5 Å². The summed E-state index contributed by atoms with van der Waals surface area (Å²) in [6.45, 7) is 1.80. The van der Waals surface area contributed by atoms with Crippen LogP contribution in [-0.2, 0) is 14.3 Å². The molecule has 1 fully saturated rings. The molecule has 0 bridgehead atoms. The third-order valence-corrected chi connectivity index (χ3v) is 1.96. The van der Waals surface area contributed by atoms with Gasteiger partial charge in [0, 0.05) is 0 Å². The molecule has 1 aliphatic rings. The number of carbonyl (C=O) groups excluding carboxylic acids is 2. The molecule has 0 aromatic carbocycles. The molecule has 1 atom stereocenters. The van der Waals surface area contributed by atoms with Crippen molar-refractivity contribution in [3.05, 3.63) is 0 Å². The molecule has 0 amide bonds. The highest BCUT2D eigenvalue weighted by atomic mass is 19.1. The first-order valence-electron chi connectivity index (χ1n) is 3.95. The van der Waals surface area contributed by atoms with Crippen LogP contribution in [0.5, 0.6) is 0 Å². The van der Waals surface area contributed by atoms with Crippen molar-refractivity contribution in [2.24, 2.45) is 5.92 Å². The molecule has 3 nitrogen and oxygen atoms in total. The van der Waals surface area contributed by atoms with E-state index in [1.807, 2.05) is 0 Å². The van der Waals surface area contributed by atoms with Gasteiger partial charge in [-0.15, -0.1) is 0 Å². The normalized spacial score (nSPS) is 21.2. The van der Waals surface area contributed by atoms with E-state index < -0.39 is 17.6 Å². The lowest BCUT2D eigenvalue weighted by Gasteiger charge is -2.11. The van der Waals surface area contributed by atoms with Gasteiger partial charge in [0.05, 0.1) is 6.61 Å². The highest BCUT2D eigenvalue weighted by molar-refractivity contribution is 5.90. The van der Waals surface area contributed by atoms with E-state index in [1.54, 1.807) is 6.92 Å². The molecule has 68 valence electrons. The SMILES string of the molecule is CCOC(=O)C(C=O)C1(F)CC1. The molecule has 1 rings (SSSR count). The van der Waals surface area contributed by atoms with Gasteiger partial charge in [0.25, 0.3) is 0 Å². The summed E-state index contributed by atoms with van der Waals surface area (Å²) in [6.07, 6.45) is 0.912. The Bertz CT molecular complexity index is 198. The van der Waals surface area contributed by atoms with Gasteiger partial charge in [0.15, 0.2) is 0 Å². The number of ether oxygens (including phenoxy) is 1. The average molecular weight is 174 g/mol. The molecule has 12 heavy (non-hydrogen) atoms. The number of aldehydes is 1. The van der Waals surface area contributed by atoms with Crippen molar-refractivity contribution in [1.82, 2.24) is 0 Å². The Kier molecular flexibility index (Phi) is 2.45. The fourth-order valence-electron chi connectivity index (χ4n) is 1.05. The highest BCUT2D eigenvalue weighted by Gasteiger charge is 2.54. The maximum Gasteiger partial charge on any atom is 0.319 e. The molecule has 0 heterocycles. The van der Waals surface area contributed by atoms with Crippen molar-refractivity contribution >= 4 is 12.3 Å². The van der Waals surface area contributed by atoms with E-state index in [0.717, 1.165) is 0 Å². The largest absolute Gasteiger partial charge is 0.465 e. The Hall–Kier alpha value is -0.930. The second-order valence-electron chi connectivity index (χ2n) is 2.90.